The first-order valence-corrected chi connectivity index (χ1v) is 8.91. The average Bonchev–Trinajstić information content (AvgIpc) is 2.76. The molecule has 1 fully saturated rings. The lowest BCUT2D eigenvalue weighted by Crippen LogP contribution is -2.58. The van der Waals surface area contributed by atoms with E-state index in [1.807, 2.05) is 0 Å². The van der Waals surface area contributed by atoms with Crippen molar-refractivity contribution in [3.8, 4) is 11.5 Å². The Bertz CT molecular complexity index is 1040. The summed E-state index contributed by atoms with van der Waals surface area (Å²) >= 11 is 0. The number of methoxy groups -OCH3 is 1. The Morgan fingerprint density at radius 3 is 2.13 bits per heavy atom. The van der Waals surface area contributed by atoms with Crippen LogP contribution in [0.1, 0.15) is 23.0 Å². The van der Waals surface area contributed by atoms with Gasteiger partial charge in [0.25, 0.3) is 0 Å². The summed E-state index contributed by atoms with van der Waals surface area (Å²) in [6, 6.07) is 6.35. The van der Waals surface area contributed by atoms with Crippen molar-refractivity contribution in [3.05, 3.63) is 57.6 Å². The highest BCUT2D eigenvalue weighted by molar-refractivity contribution is 6.16. The van der Waals surface area contributed by atoms with E-state index in [9.17, 15) is 29.4 Å². The van der Waals surface area contributed by atoms with Crippen molar-refractivity contribution in [2.24, 2.45) is 5.92 Å². The number of nitrogens with zero attached hydrogens (tertiary/aromatic N) is 2. The van der Waals surface area contributed by atoms with Gasteiger partial charge in [0.2, 0.25) is 23.0 Å². The van der Waals surface area contributed by atoms with Gasteiger partial charge in [-0.15, -0.1) is 0 Å². The fraction of sp³-hybridized carbons (Fsp3) is 0.300. The summed E-state index contributed by atoms with van der Waals surface area (Å²) in [4.78, 5) is 51.8. The number of urea groups is 1. The average molecular weight is 416 g/mol. The van der Waals surface area contributed by atoms with Gasteiger partial charge in [0.1, 0.15) is 24.0 Å². The molecule has 2 aromatic rings. The van der Waals surface area contributed by atoms with Gasteiger partial charge in [0, 0.05) is 20.2 Å². The van der Waals surface area contributed by atoms with Crippen molar-refractivity contribution >= 4 is 17.8 Å². The predicted octanol–water partition coefficient (Wildman–Crippen LogP) is 0.645. The molecule has 1 aromatic heterocycles. The zero-order chi connectivity index (χ0) is 22.2. The number of aliphatic hydroxyl groups excluding tert-OH is 1. The highest BCUT2D eigenvalue weighted by Crippen LogP contribution is 2.40. The maximum absolute atomic E-state index is 12.9. The minimum absolute atomic E-state index is 0.153. The third-order valence-electron chi connectivity index (χ3n) is 5.01. The number of carbonyl (C=O) groups excluding carboxylic acids is 3. The minimum Gasteiger partial charge on any atom is -0.502 e. The maximum Gasteiger partial charge on any atom is 0.332 e. The quantitative estimate of drug-likeness (QED) is 0.678. The Hall–Kier alpha value is -3.66. The molecule has 0 aliphatic carbocycles. The van der Waals surface area contributed by atoms with Crippen LogP contribution < -0.4 is 10.2 Å². The molecule has 4 amide bonds. The second kappa shape index (κ2) is 7.99. The van der Waals surface area contributed by atoms with E-state index >= 15 is 0 Å². The van der Waals surface area contributed by atoms with Crippen LogP contribution in [0.3, 0.4) is 0 Å². The molecule has 0 spiro atoms. The zero-order valence-corrected chi connectivity index (χ0v) is 16.5. The summed E-state index contributed by atoms with van der Waals surface area (Å²) < 4.78 is 10.6. The molecule has 10 heteroatoms. The molecule has 0 saturated carbocycles. The third kappa shape index (κ3) is 3.41. The SMILES string of the molecule is COc1ccc(C(c2oc(CO)cc(=O)c2O)C2C(=O)N(C)C(=O)N(C)C2=O)cc1. The summed E-state index contributed by atoms with van der Waals surface area (Å²) in [5, 5.41) is 19.8. The van der Waals surface area contributed by atoms with Crippen LogP contribution in [0.25, 0.3) is 0 Å². The molecule has 158 valence electrons. The van der Waals surface area contributed by atoms with Crippen LogP contribution in [-0.4, -0.2) is 59.1 Å². The Balaban J connectivity index is 2.27. The topological polar surface area (TPSA) is 138 Å². The number of carbonyl (C=O) groups is 3. The van der Waals surface area contributed by atoms with E-state index in [4.69, 9.17) is 9.15 Å². The van der Waals surface area contributed by atoms with Gasteiger partial charge in [-0.1, -0.05) is 12.1 Å². The van der Waals surface area contributed by atoms with E-state index in [1.54, 1.807) is 24.3 Å². The summed E-state index contributed by atoms with van der Waals surface area (Å²) in [5.74, 6) is -5.18. The first-order valence-electron chi connectivity index (χ1n) is 8.91. The van der Waals surface area contributed by atoms with Crippen molar-refractivity contribution < 1.29 is 33.8 Å². The number of hydrogen-bond acceptors (Lipinski definition) is 8. The van der Waals surface area contributed by atoms with Crippen molar-refractivity contribution in [2.45, 2.75) is 12.5 Å². The van der Waals surface area contributed by atoms with Crippen molar-refractivity contribution in [3.63, 3.8) is 0 Å². The van der Waals surface area contributed by atoms with Gasteiger partial charge in [-0.25, -0.2) is 4.79 Å². The lowest BCUT2D eigenvalue weighted by atomic mass is 9.80. The van der Waals surface area contributed by atoms with E-state index < -0.39 is 47.5 Å². The number of imide groups is 2. The van der Waals surface area contributed by atoms with E-state index in [0.29, 0.717) is 11.3 Å². The zero-order valence-electron chi connectivity index (χ0n) is 16.5. The largest absolute Gasteiger partial charge is 0.502 e. The van der Waals surface area contributed by atoms with Crippen LogP contribution in [0, 0.1) is 5.92 Å². The van der Waals surface area contributed by atoms with Gasteiger partial charge in [-0.05, 0) is 17.7 Å². The smallest absolute Gasteiger partial charge is 0.332 e. The fourth-order valence-electron chi connectivity index (χ4n) is 3.37. The first-order chi connectivity index (χ1) is 14.2. The van der Waals surface area contributed by atoms with E-state index in [1.165, 1.54) is 21.2 Å². The number of hydrogen-bond donors (Lipinski definition) is 2. The number of benzene rings is 1. The van der Waals surface area contributed by atoms with E-state index in [0.717, 1.165) is 15.9 Å². The molecule has 1 aliphatic rings. The Labute approximate surface area is 170 Å². The molecular weight excluding hydrogens is 396 g/mol. The summed E-state index contributed by atoms with van der Waals surface area (Å²) in [5.41, 5.74) is -0.487. The monoisotopic (exact) mass is 416 g/mol. The van der Waals surface area contributed by atoms with Gasteiger partial charge in [-0.3, -0.25) is 24.2 Å². The van der Waals surface area contributed by atoms with Gasteiger partial charge in [0.05, 0.1) is 13.0 Å². The first kappa shape index (κ1) is 21.1. The molecule has 1 aromatic carbocycles. The van der Waals surface area contributed by atoms with Crippen LogP contribution in [0.5, 0.6) is 11.5 Å². The van der Waals surface area contributed by atoms with Crippen LogP contribution in [0.4, 0.5) is 4.79 Å². The number of ether oxygens (including phenoxy) is 1. The fourth-order valence-corrected chi connectivity index (χ4v) is 3.37. The molecule has 3 rings (SSSR count). The minimum atomic E-state index is -1.49. The molecule has 2 N–H and O–H groups in total. The van der Waals surface area contributed by atoms with Crippen LogP contribution in [0.15, 0.2) is 39.5 Å². The molecular formula is C20H20N2O8. The summed E-state index contributed by atoms with van der Waals surface area (Å²) in [7, 11) is 3.92. The van der Waals surface area contributed by atoms with Gasteiger partial charge >= 0.3 is 6.03 Å². The number of barbiturate groups is 1. The maximum atomic E-state index is 12.9. The molecule has 10 nitrogen and oxygen atoms in total. The lowest BCUT2D eigenvalue weighted by Gasteiger charge is -2.36. The Morgan fingerprint density at radius 1 is 1.07 bits per heavy atom. The summed E-state index contributed by atoms with van der Waals surface area (Å²) in [6.07, 6.45) is 0. The van der Waals surface area contributed by atoms with E-state index in [2.05, 4.69) is 0 Å². The van der Waals surface area contributed by atoms with Crippen molar-refractivity contribution in [1.29, 1.82) is 0 Å². The Morgan fingerprint density at radius 2 is 1.63 bits per heavy atom. The Kier molecular flexibility index (Phi) is 5.61. The van der Waals surface area contributed by atoms with Crippen molar-refractivity contribution in [1.82, 2.24) is 9.80 Å². The van der Waals surface area contributed by atoms with Crippen molar-refractivity contribution in [2.75, 3.05) is 21.2 Å². The molecule has 0 radical (unpaired) electrons. The molecule has 1 unspecified atom stereocenters. The highest BCUT2D eigenvalue weighted by Gasteiger charge is 2.49. The standard InChI is InChI=1S/C20H20N2O8/c1-21-18(26)15(19(27)22(2)20(21)28)14(10-4-6-11(29-3)7-5-10)17-16(25)13(24)8-12(9-23)30-17/h4-8,14-15,23,25H,9H2,1-3H3. The third-order valence-corrected chi connectivity index (χ3v) is 5.01. The molecule has 1 aliphatic heterocycles. The second-order valence-electron chi connectivity index (χ2n) is 6.75. The summed E-state index contributed by atoms with van der Waals surface area (Å²) in [6.45, 7) is -0.636. The number of amides is 4. The normalized spacial score (nSPS) is 16.2. The number of rotatable bonds is 5. The molecule has 2 heterocycles. The molecule has 30 heavy (non-hydrogen) atoms. The van der Waals surface area contributed by atoms with Gasteiger partial charge in [0.15, 0.2) is 5.76 Å². The molecule has 1 saturated heterocycles. The second-order valence-corrected chi connectivity index (χ2v) is 6.75. The van der Waals surface area contributed by atoms with Gasteiger partial charge < -0.3 is 19.4 Å². The van der Waals surface area contributed by atoms with Crippen LogP contribution in [0.2, 0.25) is 0 Å². The number of aromatic hydroxyl groups is 1. The number of aliphatic hydroxyl groups is 1. The molecule has 1 atom stereocenters. The lowest BCUT2D eigenvalue weighted by molar-refractivity contribution is -0.148. The van der Waals surface area contributed by atoms with Crippen LogP contribution >= 0.6 is 0 Å². The van der Waals surface area contributed by atoms with Gasteiger partial charge in [-0.2, -0.15) is 0 Å². The van der Waals surface area contributed by atoms with Crippen LogP contribution in [-0.2, 0) is 16.2 Å². The van der Waals surface area contributed by atoms with E-state index in [-0.39, 0.29) is 11.5 Å². The molecule has 0 bridgehead atoms. The highest BCUT2D eigenvalue weighted by atomic mass is 16.5. The predicted molar refractivity (Wildman–Crippen MR) is 102 cm³/mol.